The first-order valence-corrected chi connectivity index (χ1v) is 11.0. The van der Waals surface area contributed by atoms with Gasteiger partial charge < -0.3 is 11.1 Å². The minimum atomic E-state index is -3.47. The van der Waals surface area contributed by atoms with Crippen LogP contribution in [0.3, 0.4) is 0 Å². The standard InChI is InChI=1S/C16H29N5O2S2/c1-4-21-9-5-6-14(21)11-19-16(17)18-7-8-20-25(22,23)15-10-12(2)24-13(15)3/h10,14,20H,4-9,11H2,1-3H3,(H3,17,18,19). The molecule has 1 aliphatic heterocycles. The zero-order valence-corrected chi connectivity index (χ0v) is 16.8. The molecule has 0 spiro atoms. The van der Waals surface area contributed by atoms with Crippen molar-refractivity contribution in [1.29, 1.82) is 0 Å². The van der Waals surface area contributed by atoms with Crippen LogP contribution in [0.5, 0.6) is 0 Å². The zero-order chi connectivity index (χ0) is 18.4. The van der Waals surface area contributed by atoms with Gasteiger partial charge in [-0.15, -0.1) is 11.3 Å². The fraction of sp³-hybridized carbons (Fsp3) is 0.688. The van der Waals surface area contributed by atoms with E-state index in [1.54, 1.807) is 6.07 Å². The Morgan fingerprint density at radius 2 is 2.20 bits per heavy atom. The van der Waals surface area contributed by atoms with Crippen molar-refractivity contribution in [2.45, 2.75) is 44.6 Å². The number of guanidine groups is 1. The van der Waals surface area contributed by atoms with Gasteiger partial charge in [0.25, 0.3) is 0 Å². The number of likely N-dealkylation sites (tertiary alicyclic amines) is 1. The van der Waals surface area contributed by atoms with E-state index in [1.165, 1.54) is 17.8 Å². The Kier molecular flexibility index (Phi) is 7.24. The smallest absolute Gasteiger partial charge is 0.241 e. The topological polar surface area (TPSA) is 99.8 Å². The molecule has 0 radical (unpaired) electrons. The van der Waals surface area contributed by atoms with Crippen LogP contribution in [0.15, 0.2) is 16.0 Å². The van der Waals surface area contributed by atoms with E-state index in [9.17, 15) is 8.42 Å². The van der Waals surface area contributed by atoms with Gasteiger partial charge in [0.1, 0.15) is 0 Å². The van der Waals surface area contributed by atoms with Crippen LogP contribution in [0.2, 0.25) is 0 Å². The van der Waals surface area contributed by atoms with Gasteiger partial charge in [-0.1, -0.05) is 6.92 Å². The summed E-state index contributed by atoms with van der Waals surface area (Å²) in [6, 6.07) is 2.17. The fourth-order valence-electron chi connectivity index (χ4n) is 3.11. The molecule has 0 saturated carbocycles. The Morgan fingerprint density at radius 1 is 1.44 bits per heavy atom. The molecule has 1 saturated heterocycles. The summed E-state index contributed by atoms with van der Waals surface area (Å²) in [5.74, 6) is 0.365. The zero-order valence-electron chi connectivity index (χ0n) is 15.2. The van der Waals surface area contributed by atoms with Crippen LogP contribution in [0.25, 0.3) is 0 Å². The van der Waals surface area contributed by atoms with E-state index in [1.807, 2.05) is 13.8 Å². The molecule has 1 aromatic rings. The summed E-state index contributed by atoms with van der Waals surface area (Å²) in [5.41, 5.74) is 5.87. The SMILES string of the molecule is CCN1CCCC1CN=C(N)NCCNS(=O)(=O)c1cc(C)sc1C. The first kappa shape index (κ1) is 20.2. The number of hydrogen-bond acceptors (Lipinski definition) is 5. The first-order chi connectivity index (χ1) is 11.8. The van der Waals surface area contributed by atoms with Gasteiger partial charge in [-0.3, -0.25) is 9.89 Å². The van der Waals surface area contributed by atoms with Gasteiger partial charge in [-0.2, -0.15) is 0 Å². The van der Waals surface area contributed by atoms with Crippen LogP contribution in [-0.2, 0) is 10.0 Å². The lowest BCUT2D eigenvalue weighted by atomic mass is 10.2. The normalized spacial score (nSPS) is 19.5. The van der Waals surface area contributed by atoms with Crippen LogP contribution in [0.4, 0.5) is 0 Å². The summed E-state index contributed by atoms with van der Waals surface area (Å²) < 4.78 is 27.2. The van der Waals surface area contributed by atoms with Crippen molar-refractivity contribution in [2.75, 3.05) is 32.7 Å². The summed E-state index contributed by atoms with van der Waals surface area (Å²) in [4.78, 5) is 8.94. The van der Waals surface area contributed by atoms with Gasteiger partial charge in [0.2, 0.25) is 10.0 Å². The number of aryl methyl sites for hydroxylation is 2. The maximum absolute atomic E-state index is 12.3. The highest BCUT2D eigenvalue weighted by Crippen LogP contribution is 2.24. The molecule has 7 nitrogen and oxygen atoms in total. The molecule has 1 fully saturated rings. The average molecular weight is 388 g/mol. The van der Waals surface area contributed by atoms with Gasteiger partial charge in [0, 0.05) is 28.9 Å². The van der Waals surface area contributed by atoms with Crippen molar-refractivity contribution >= 4 is 27.3 Å². The lowest BCUT2D eigenvalue weighted by Gasteiger charge is -2.20. The van der Waals surface area contributed by atoms with Gasteiger partial charge >= 0.3 is 0 Å². The van der Waals surface area contributed by atoms with Crippen molar-refractivity contribution in [1.82, 2.24) is 14.9 Å². The number of nitrogens with one attached hydrogen (secondary N) is 2. The van der Waals surface area contributed by atoms with Crippen molar-refractivity contribution in [3.8, 4) is 0 Å². The molecule has 142 valence electrons. The highest BCUT2D eigenvalue weighted by Gasteiger charge is 2.22. The number of aliphatic imine (C=N–C) groups is 1. The maximum atomic E-state index is 12.3. The predicted molar refractivity (Wildman–Crippen MR) is 104 cm³/mol. The van der Waals surface area contributed by atoms with E-state index in [2.05, 4.69) is 26.9 Å². The summed E-state index contributed by atoms with van der Waals surface area (Å²) in [6.07, 6.45) is 2.37. The molecular formula is C16H29N5O2S2. The lowest BCUT2D eigenvalue weighted by molar-refractivity contribution is 0.273. The number of nitrogens with zero attached hydrogens (tertiary/aromatic N) is 2. The third-order valence-corrected chi connectivity index (χ3v) is 7.07. The van der Waals surface area contributed by atoms with E-state index in [4.69, 9.17) is 5.73 Å². The summed E-state index contributed by atoms with van der Waals surface area (Å²) in [7, 11) is -3.47. The van der Waals surface area contributed by atoms with Crippen LogP contribution in [-0.4, -0.2) is 58.0 Å². The molecule has 0 bridgehead atoms. The molecule has 25 heavy (non-hydrogen) atoms. The molecule has 2 rings (SSSR count). The molecule has 2 heterocycles. The minimum Gasteiger partial charge on any atom is -0.370 e. The third-order valence-electron chi connectivity index (χ3n) is 4.39. The van der Waals surface area contributed by atoms with E-state index >= 15 is 0 Å². The van der Waals surface area contributed by atoms with Crippen LogP contribution in [0, 0.1) is 13.8 Å². The molecular weight excluding hydrogens is 358 g/mol. The number of likely N-dealkylation sites (N-methyl/N-ethyl adjacent to an activating group) is 1. The van der Waals surface area contributed by atoms with E-state index in [-0.39, 0.29) is 6.54 Å². The van der Waals surface area contributed by atoms with E-state index in [0.717, 1.165) is 29.3 Å². The summed E-state index contributed by atoms with van der Waals surface area (Å²) in [5, 5.41) is 2.97. The molecule has 1 unspecified atom stereocenters. The highest BCUT2D eigenvalue weighted by molar-refractivity contribution is 7.89. The molecule has 1 aliphatic rings. The van der Waals surface area contributed by atoms with Crippen molar-refractivity contribution in [3.05, 3.63) is 15.8 Å². The second kappa shape index (κ2) is 8.98. The van der Waals surface area contributed by atoms with Crippen molar-refractivity contribution in [3.63, 3.8) is 0 Å². The van der Waals surface area contributed by atoms with Gasteiger partial charge in [0.15, 0.2) is 5.96 Å². The molecule has 9 heteroatoms. The minimum absolute atomic E-state index is 0.261. The van der Waals surface area contributed by atoms with Crippen molar-refractivity contribution in [2.24, 2.45) is 10.7 Å². The number of thiophene rings is 1. The molecule has 4 N–H and O–H groups in total. The first-order valence-electron chi connectivity index (χ1n) is 8.68. The maximum Gasteiger partial charge on any atom is 0.241 e. The Morgan fingerprint density at radius 3 is 2.84 bits per heavy atom. The number of nitrogens with two attached hydrogens (primary N) is 1. The Balaban J connectivity index is 1.75. The second-order valence-corrected chi connectivity index (χ2v) is 9.45. The molecule has 0 amide bonds. The van der Waals surface area contributed by atoms with Crippen LogP contribution < -0.4 is 15.8 Å². The second-order valence-electron chi connectivity index (χ2n) is 6.25. The van der Waals surface area contributed by atoms with Gasteiger partial charge in [0.05, 0.1) is 11.4 Å². The lowest BCUT2D eigenvalue weighted by Crippen LogP contribution is -2.39. The van der Waals surface area contributed by atoms with Crippen LogP contribution in [0.1, 0.15) is 29.5 Å². The Labute approximate surface area is 154 Å². The number of rotatable bonds is 8. The van der Waals surface area contributed by atoms with Gasteiger partial charge in [-0.25, -0.2) is 13.1 Å². The van der Waals surface area contributed by atoms with E-state index < -0.39 is 10.0 Å². The Hall–Kier alpha value is -1.16. The molecule has 1 aromatic heterocycles. The van der Waals surface area contributed by atoms with Crippen molar-refractivity contribution < 1.29 is 8.42 Å². The van der Waals surface area contributed by atoms with Gasteiger partial charge in [-0.05, 0) is 45.8 Å². The summed E-state index contributed by atoms with van der Waals surface area (Å²) >= 11 is 1.48. The summed E-state index contributed by atoms with van der Waals surface area (Å²) in [6.45, 7) is 9.40. The molecule has 0 aliphatic carbocycles. The monoisotopic (exact) mass is 387 g/mol. The largest absolute Gasteiger partial charge is 0.370 e. The number of sulfonamides is 1. The average Bonchev–Trinajstić information content (AvgIpc) is 3.15. The highest BCUT2D eigenvalue weighted by atomic mass is 32.2. The molecule has 1 atom stereocenters. The fourth-order valence-corrected chi connectivity index (χ4v) is 5.69. The molecule has 0 aromatic carbocycles. The number of hydrogen-bond donors (Lipinski definition) is 3. The quantitative estimate of drug-likeness (QED) is 0.351. The third kappa shape index (κ3) is 5.67. The Bertz CT molecular complexity index is 699. The predicted octanol–water partition coefficient (Wildman–Crippen LogP) is 1.03. The van der Waals surface area contributed by atoms with Crippen LogP contribution >= 0.6 is 11.3 Å². The van der Waals surface area contributed by atoms with E-state index in [0.29, 0.717) is 30.0 Å².